The molecule has 6 heteroatoms. The van der Waals surface area contributed by atoms with Crippen LogP contribution in [-0.4, -0.2) is 28.6 Å². The number of aromatic nitrogens is 1. The summed E-state index contributed by atoms with van der Waals surface area (Å²) in [5.41, 5.74) is 3.77. The van der Waals surface area contributed by atoms with Crippen LogP contribution in [0.1, 0.15) is 69.2 Å². The summed E-state index contributed by atoms with van der Waals surface area (Å²) in [5, 5.41) is 5.64. The summed E-state index contributed by atoms with van der Waals surface area (Å²) in [5.74, 6) is -0.340. The van der Waals surface area contributed by atoms with Crippen molar-refractivity contribution in [1.29, 1.82) is 0 Å². The van der Waals surface area contributed by atoms with E-state index in [4.69, 9.17) is 0 Å². The zero-order valence-corrected chi connectivity index (χ0v) is 15.2. The van der Waals surface area contributed by atoms with Gasteiger partial charge in [0.25, 0.3) is 11.8 Å². The van der Waals surface area contributed by atoms with Gasteiger partial charge in [0.1, 0.15) is 5.69 Å². The normalized spacial score (nSPS) is 13.5. The van der Waals surface area contributed by atoms with Crippen LogP contribution in [0.5, 0.6) is 0 Å². The lowest BCUT2D eigenvalue weighted by atomic mass is 9.94. The van der Waals surface area contributed by atoms with E-state index >= 15 is 0 Å². The van der Waals surface area contributed by atoms with Crippen LogP contribution < -0.4 is 10.6 Å². The first kappa shape index (κ1) is 17.9. The smallest absolute Gasteiger partial charge is 0.272 e. The topological polar surface area (TPSA) is 91.1 Å². The van der Waals surface area contributed by atoms with Crippen molar-refractivity contribution in [3.8, 4) is 0 Å². The van der Waals surface area contributed by atoms with Crippen LogP contribution in [0.15, 0.2) is 24.3 Å². The van der Waals surface area contributed by atoms with Gasteiger partial charge in [-0.3, -0.25) is 14.4 Å². The van der Waals surface area contributed by atoms with Crippen LogP contribution in [-0.2, 0) is 6.42 Å². The van der Waals surface area contributed by atoms with Crippen LogP contribution >= 0.6 is 0 Å². The minimum atomic E-state index is -0.288. The maximum absolute atomic E-state index is 12.6. The van der Waals surface area contributed by atoms with Gasteiger partial charge in [0.15, 0.2) is 5.78 Å². The first-order valence-electron chi connectivity index (χ1n) is 8.83. The predicted molar refractivity (Wildman–Crippen MR) is 99.8 cm³/mol. The zero-order valence-electron chi connectivity index (χ0n) is 15.2. The van der Waals surface area contributed by atoms with E-state index in [-0.39, 0.29) is 23.6 Å². The molecule has 6 nitrogen and oxygen atoms in total. The van der Waals surface area contributed by atoms with Gasteiger partial charge in [-0.2, -0.15) is 0 Å². The number of hydrogen-bond acceptors (Lipinski definition) is 3. The molecule has 0 fully saturated rings. The number of rotatable bonds is 4. The Bertz CT molecular complexity index is 863. The number of aromatic amines is 1. The molecule has 1 aromatic heterocycles. The van der Waals surface area contributed by atoms with Gasteiger partial charge >= 0.3 is 0 Å². The Morgan fingerprint density at radius 1 is 1.08 bits per heavy atom. The standard InChI is InChI=1S/C20H23N3O3/c1-11(2)21-19(25)13-7-9-14(10-8-13)22-20(26)18-12(3)17-15(23-18)5-4-6-16(17)24/h7-11,23H,4-6H2,1-3H3,(H,21,25)(H,22,26). The summed E-state index contributed by atoms with van der Waals surface area (Å²) in [4.78, 5) is 39.7. The Balaban J connectivity index is 1.75. The van der Waals surface area contributed by atoms with Crippen LogP contribution in [0.2, 0.25) is 0 Å². The summed E-state index contributed by atoms with van der Waals surface area (Å²) >= 11 is 0. The number of hydrogen-bond donors (Lipinski definition) is 3. The van der Waals surface area contributed by atoms with Crippen molar-refractivity contribution < 1.29 is 14.4 Å². The number of ketones is 1. The molecule has 1 heterocycles. The summed E-state index contributed by atoms with van der Waals surface area (Å²) in [6, 6.07) is 6.78. The second-order valence-corrected chi connectivity index (χ2v) is 6.91. The molecule has 1 aliphatic carbocycles. The molecule has 0 bridgehead atoms. The highest BCUT2D eigenvalue weighted by Gasteiger charge is 2.26. The number of anilines is 1. The molecule has 0 saturated heterocycles. The van der Waals surface area contributed by atoms with E-state index in [9.17, 15) is 14.4 Å². The molecule has 3 N–H and O–H groups in total. The molecule has 26 heavy (non-hydrogen) atoms. The van der Waals surface area contributed by atoms with E-state index < -0.39 is 0 Å². The lowest BCUT2D eigenvalue weighted by Crippen LogP contribution is -2.30. The maximum atomic E-state index is 12.6. The Morgan fingerprint density at radius 2 is 1.77 bits per heavy atom. The highest BCUT2D eigenvalue weighted by molar-refractivity contribution is 6.08. The molecule has 0 atom stereocenters. The van der Waals surface area contributed by atoms with Crippen molar-refractivity contribution in [2.24, 2.45) is 0 Å². The van der Waals surface area contributed by atoms with E-state index in [2.05, 4.69) is 15.6 Å². The molecule has 1 aromatic carbocycles. The molecule has 0 spiro atoms. The number of nitrogens with one attached hydrogen (secondary N) is 3. The summed E-state index contributed by atoms with van der Waals surface area (Å²) in [6.07, 6.45) is 2.13. The fourth-order valence-corrected chi connectivity index (χ4v) is 3.25. The van der Waals surface area contributed by atoms with E-state index in [1.165, 1.54) is 0 Å². The van der Waals surface area contributed by atoms with Gasteiger partial charge < -0.3 is 15.6 Å². The number of aryl methyl sites for hydroxylation is 1. The highest BCUT2D eigenvalue weighted by Crippen LogP contribution is 2.27. The molecular formula is C20H23N3O3. The molecule has 0 unspecified atom stereocenters. The predicted octanol–water partition coefficient (Wildman–Crippen LogP) is 3.23. The number of amides is 2. The first-order valence-corrected chi connectivity index (χ1v) is 8.83. The van der Waals surface area contributed by atoms with Crippen molar-refractivity contribution in [1.82, 2.24) is 10.3 Å². The third-order valence-electron chi connectivity index (χ3n) is 4.49. The van der Waals surface area contributed by atoms with Gasteiger partial charge in [-0.05, 0) is 63.4 Å². The monoisotopic (exact) mass is 353 g/mol. The Labute approximate surface area is 152 Å². The average molecular weight is 353 g/mol. The van der Waals surface area contributed by atoms with Gasteiger partial charge in [0.05, 0.1) is 0 Å². The number of benzene rings is 1. The Kier molecular flexibility index (Phi) is 4.93. The third kappa shape index (κ3) is 3.54. The van der Waals surface area contributed by atoms with Crippen LogP contribution in [0.3, 0.4) is 0 Å². The first-order chi connectivity index (χ1) is 12.4. The van der Waals surface area contributed by atoms with E-state index in [0.717, 1.165) is 18.5 Å². The molecule has 0 aliphatic heterocycles. The number of H-pyrrole nitrogens is 1. The van der Waals surface area contributed by atoms with Gasteiger partial charge in [-0.1, -0.05) is 0 Å². The minimum Gasteiger partial charge on any atom is -0.354 e. The molecule has 2 aromatic rings. The summed E-state index contributed by atoms with van der Waals surface area (Å²) in [6.45, 7) is 5.60. The number of Topliss-reactive ketones (excluding diaryl/α,β-unsaturated/α-hetero) is 1. The second kappa shape index (κ2) is 7.15. The zero-order chi connectivity index (χ0) is 18.8. The quantitative estimate of drug-likeness (QED) is 0.788. The lowest BCUT2D eigenvalue weighted by Gasteiger charge is -2.09. The molecule has 0 radical (unpaired) electrons. The highest BCUT2D eigenvalue weighted by atomic mass is 16.2. The van der Waals surface area contributed by atoms with Gasteiger partial charge in [-0.15, -0.1) is 0 Å². The van der Waals surface area contributed by atoms with Crippen molar-refractivity contribution in [3.05, 3.63) is 52.3 Å². The molecule has 136 valence electrons. The van der Waals surface area contributed by atoms with Crippen molar-refractivity contribution in [2.75, 3.05) is 5.32 Å². The fraction of sp³-hybridized carbons (Fsp3) is 0.350. The number of carbonyl (C=O) groups excluding carboxylic acids is 3. The summed E-state index contributed by atoms with van der Waals surface area (Å²) < 4.78 is 0. The van der Waals surface area contributed by atoms with Gasteiger partial charge in [0, 0.05) is 35.0 Å². The van der Waals surface area contributed by atoms with E-state index in [1.54, 1.807) is 31.2 Å². The molecule has 1 aliphatic rings. The van der Waals surface area contributed by atoms with Crippen molar-refractivity contribution in [2.45, 2.75) is 46.1 Å². The third-order valence-corrected chi connectivity index (χ3v) is 4.49. The van der Waals surface area contributed by atoms with E-state index in [1.807, 2.05) is 13.8 Å². The largest absolute Gasteiger partial charge is 0.354 e. The minimum absolute atomic E-state index is 0.0616. The van der Waals surface area contributed by atoms with Crippen LogP contribution in [0.4, 0.5) is 5.69 Å². The van der Waals surface area contributed by atoms with Crippen LogP contribution in [0, 0.1) is 6.92 Å². The average Bonchev–Trinajstić information content (AvgIpc) is 2.93. The fourth-order valence-electron chi connectivity index (χ4n) is 3.25. The number of carbonyl (C=O) groups is 3. The molecule has 3 rings (SSSR count). The Morgan fingerprint density at radius 3 is 2.38 bits per heavy atom. The lowest BCUT2D eigenvalue weighted by molar-refractivity contribution is 0.0940. The molecule has 0 saturated carbocycles. The number of fused-ring (bicyclic) bond motifs is 1. The molecule has 2 amide bonds. The summed E-state index contributed by atoms with van der Waals surface area (Å²) in [7, 11) is 0. The maximum Gasteiger partial charge on any atom is 0.272 e. The second-order valence-electron chi connectivity index (χ2n) is 6.91. The van der Waals surface area contributed by atoms with Gasteiger partial charge in [-0.25, -0.2) is 0 Å². The van der Waals surface area contributed by atoms with Crippen LogP contribution in [0.25, 0.3) is 0 Å². The SMILES string of the molecule is Cc1c(C(=O)Nc2ccc(C(=O)NC(C)C)cc2)[nH]c2c1C(=O)CCC2. The van der Waals surface area contributed by atoms with Gasteiger partial charge in [0.2, 0.25) is 0 Å². The van der Waals surface area contributed by atoms with E-state index in [0.29, 0.717) is 34.5 Å². The molecular weight excluding hydrogens is 330 g/mol. The van der Waals surface area contributed by atoms with Crippen molar-refractivity contribution >= 4 is 23.3 Å². The Hall–Kier alpha value is -2.89. The van der Waals surface area contributed by atoms with Crippen molar-refractivity contribution in [3.63, 3.8) is 0 Å².